The lowest BCUT2D eigenvalue weighted by molar-refractivity contribution is 0.218. The molecule has 1 nitrogen and oxygen atoms in total. The summed E-state index contributed by atoms with van der Waals surface area (Å²) in [6.07, 6.45) is -0.358. The van der Waals surface area contributed by atoms with E-state index in [0.29, 0.717) is 6.07 Å². The maximum absolute atomic E-state index is 13.3. The van der Waals surface area contributed by atoms with Gasteiger partial charge in [-0.2, -0.15) is 0 Å². The molecule has 1 rings (SSSR count). The first-order valence-electron chi connectivity index (χ1n) is 4.24. The highest BCUT2D eigenvalue weighted by Gasteiger charge is 2.17. The van der Waals surface area contributed by atoms with E-state index < -0.39 is 23.2 Å². The zero-order chi connectivity index (χ0) is 10.9. The van der Waals surface area contributed by atoms with Crippen LogP contribution in [0.25, 0.3) is 0 Å². The van der Waals surface area contributed by atoms with Crippen LogP contribution in [0.4, 0.5) is 13.2 Å². The van der Waals surface area contributed by atoms with Gasteiger partial charge in [-0.15, -0.1) is 0 Å². The average molecular weight is 204 g/mol. The van der Waals surface area contributed by atoms with Gasteiger partial charge in [-0.3, -0.25) is 0 Å². The summed E-state index contributed by atoms with van der Waals surface area (Å²) in [4.78, 5) is 0. The molecule has 0 fully saturated rings. The van der Waals surface area contributed by atoms with Gasteiger partial charge >= 0.3 is 0 Å². The third-order valence-electron chi connectivity index (χ3n) is 1.71. The molecule has 0 atom stereocenters. The van der Waals surface area contributed by atoms with E-state index in [1.165, 1.54) is 6.92 Å². The van der Waals surface area contributed by atoms with Gasteiger partial charge in [-0.1, -0.05) is 0 Å². The molecule has 1 aromatic rings. The molecule has 0 amide bonds. The second-order valence-corrected chi connectivity index (χ2v) is 3.27. The molecule has 0 aliphatic carbocycles. The minimum absolute atomic E-state index is 0.234. The lowest BCUT2D eigenvalue weighted by Crippen LogP contribution is -2.10. The van der Waals surface area contributed by atoms with E-state index in [-0.39, 0.29) is 11.7 Å². The van der Waals surface area contributed by atoms with Crippen LogP contribution in [0.3, 0.4) is 0 Å². The van der Waals surface area contributed by atoms with Crippen LogP contribution in [0.5, 0.6) is 5.75 Å². The molecular formula is C10H11F3O. The highest BCUT2D eigenvalue weighted by atomic mass is 19.1. The fourth-order valence-corrected chi connectivity index (χ4v) is 1.01. The lowest BCUT2D eigenvalue weighted by Gasteiger charge is -2.12. The molecule has 0 radical (unpaired) electrons. The summed E-state index contributed by atoms with van der Waals surface area (Å²) >= 11 is 0. The molecule has 0 unspecified atom stereocenters. The molecule has 1 aromatic carbocycles. The maximum Gasteiger partial charge on any atom is 0.191 e. The van der Waals surface area contributed by atoms with Crippen molar-refractivity contribution in [3.05, 3.63) is 29.1 Å². The Balaban J connectivity index is 3.22. The number of rotatable bonds is 2. The van der Waals surface area contributed by atoms with Crippen molar-refractivity contribution in [1.29, 1.82) is 0 Å². The molecule has 0 heterocycles. The molecule has 0 aliphatic rings. The summed E-state index contributed by atoms with van der Waals surface area (Å²) in [5.74, 6) is -3.41. The summed E-state index contributed by atoms with van der Waals surface area (Å²) in [5.41, 5.74) is -0.234. The predicted molar refractivity (Wildman–Crippen MR) is 46.8 cm³/mol. The molecular weight excluding hydrogens is 193 g/mol. The van der Waals surface area contributed by atoms with Gasteiger partial charge in [-0.25, -0.2) is 13.2 Å². The summed E-state index contributed by atoms with van der Waals surface area (Å²) in [7, 11) is 0. The molecule has 0 aliphatic heterocycles. The second-order valence-electron chi connectivity index (χ2n) is 3.27. The topological polar surface area (TPSA) is 9.23 Å². The minimum Gasteiger partial charge on any atom is -0.485 e. The normalized spacial score (nSPS) is 10.8. The van der Waals surface area contributed by atoms with Crippen molar-refractivity contribution < 1.29 is 17.9 Å². The molecule has 0 N–H and O–H groups in total. The number of hydrogen-bond donors (Lipinski definition) is 0. The Morgan fingerprint density at radius 1 is 1.14 bits per heavy atom. The molecule has 0 saturated heterocycles. The summed E-state index contributed by atoms with van der Waals surface area (Å²) in [6, 6.07) is 0.621. The Morgan fingerprint density at radius 3 is 2.21 bits per heavy atom. The van der Waals surface area contributed by atoms with Crippen LogP contribution in [-0.4, -0.2) is 6.10 Å². The van der Waals surface area contributed by atoms with E-state index in [0.717, 1.165) is 0 Å². The standard InChI is InChI=1S/C10H11F3O/c1-5(2)14-10-8(12)4-7(11)6(3)9(10)13/h4-5H,1-3H3. The Hall–Kier alpha value is -1.19. The monoisotopic (exact) mass is 204 g/mol. The van der Waals surface area contributed by atoms with Crippen molar-refractivity contribution in [3.63, 3.8) is 0 Å². The Morgan fingerprint density at radius 2 is 1.71 bits per heavy atom. The first-order chi connectivity index (χ1) is 6.43. The van der Waals surface area contributed by atoms with Gasteiger partial charge in [0.15, 0.2) is 17.4 Å². The molecule has 0 saturated carbocycles. The van der Waals surface area contributed by atoms with Gasteiger partial charge < -0.3 is 4.74 Å². The van der Waals surface area contributed by atoms with E-state index in [1.807, 2.05) is 0 Å². The van der Waals surface area contributed by atoms with E-state index in [4.69, 9.17) is 4.74 Å². The van der Waals surface area contributed by atoms with E-state index in [2.05, 4.69) is 0 Å². The smallest absolute Gasteiger partial charge is 0.191 e. The van der Waals surface area contributed by atoms with Gasteiger partial charge in [0.1, 0.15) is 5.82 Å². The SMILES string of the molecule is Cc1c(F)cc(F)c(OC(C)C)c1F. The molecule has 0 bridgehead atoms. The first-order valence-corrected chi connectivity index (χ1v) is 4.24. The zero-order valence-electron chi connectivity index (χ0n) is 8.20. The molecule has 4 heteroatoms. The van der Waals surface area contributed by atoms with Crippen LogP contribution in [0, 0.1) is 24.4 Å². The Bertz CT molecular complexity index is 348. The van der Waals surface area contributed by atoms with Crippen molar-refractivity contribution in [2.45, 2.75) is 26.9 Å². The Kier molecular flexibility index (Phi) is 3.03. The zero-order valence-corrected chi connectivity index (χ0v) is 8.20. The summed E-state index contributed by atoms with van der Waals surface area (Å²) in [5, 5.41) is 0. The predicted octanol–water partition coefficient (Wildman–Crippen LogP) is 3.20. The first kappa shape index (κ1) is 10.9. The van der Waals surface area contributed by atoms with Gasteiger partial charge in [0.25, 0.3) is 0 Å². The van der Waals surface area contributed by atoms with Crippen LogP contribution in [0.2, 0.25) is 0 Å². The van der Waals surface area contributed by atoms with Crippen molar-refractivity contribution in [1.82, 2.24) is 0 Å². The number of benzene rings is 1. The number of ether oxygens (including phenoxy) is 1. The number of halogens is 3. The fourth-order valence-electron chi connectivity index (χ4n) is 1.01. The van der Waals surface area contributed by atoms with Gasteiger partial charge in [-0.05, 0) is 20.8 Å². The molecule has 0 spiro atoms. The van der Waals surface area contributed by atoms with Crippen LogP contribution in [-0.2, 0) is 0 Å². The fraction of sp³-hybridized carbons (Fsp3) is 0.400. The van der Waals surface area contributed by atoms with Crippen LogP contribution in [0.1, 0.15) is 19.4 Å². The third kappa shape index (κ3) is 2.00. The van der Waals surface area contributed by atoms with Gasteiger partial charge in [0.2, 0.25) is 0 Å². The van der Waals surface area contributed by atoms with E-state index in [1.54, 1.807) is 13.8 Å². The quantitative estimate of drug-likeness (QED) is 0.718. The third-order valence-corrected chi connectivity index (χ3v) is 1.71. The van der Waals surface area contributed by atoms with E-state index >= 15 is 0 Å². The van der Waals surface area contributed by atoms with Crippen LogP contribution < -0.4 is 4.74 Å². The van der Waals surface area contributed by atoms with Gasteiger partial charge in [0, 0.05) is 11.6 Å². The lowest BCUT2D eigenvalue weighted by atomic mass is 10.2. The van der Waals surface area contributed by atoms with Crippen molar-refractivity contribution in [3.8, 4) is 5.75 Å². The average Bonchev–Trinajstić information content (AvgIpc) is 2.09. The summed E-state index contributed by atoms with van der Waals surface area (Å²) in [6.45, 7) is 4.51. The molecule has 78 valence electrons. The second kappa shape index (κ2) is 3.90. The van der Waals surface area contributed by atoms with E-state index in [9.17, 15) is 13.2 Å². The van der Waals surface area contributed by atoms with Crippen molar-refractivity contribution in [2.24, 2.45) is 0 Å². The van der Waals surface area contributed by atoms with Gasteiger partial charge in [0.05, 0.1) is 6.10 Å². The summed E-state index contributed by atoms with van der Waals surface area (Å²) < 4.78 is 44.0. The Labute approximate surface area is 80.5 Å². The molecule has 0 aromatic heterocycles. The highest BCUT2D eigenvalue weighted by molar-refractivity contribution is 5.33. The largest absolute Gasteiger partial charge is 0.485 e. The highest BCUT2D eigenvalue weighted by Crippen LogP contribution is 2.27. The molecule has 14 heavy (non-hydrogen) atoms. The maximum atomic E-state index is 13.3. The van der Waals surface area contributed by atoms with Crippen LogP contribution >= 0.6 is 0 Å². The van der Waals surface area contributed by atoms with Crippen molar-refractivity contribution in [2.75, 3.05) is 0 Å². The van der Waals surface area contributed by atoms with Crippen molar-refractivity contribution >= 4 is 0 Å². The minimum atomic E-state index is -1.01. The van der Waals surface area contributed by atoms with Crippen LogP contribution in [0.15, 0.2) is 6.07 Å². The number of hydrogen-bond acceptors (Lipinski definition) is 1.